The number of fused-ring (bicyclic) bond motifs is 2. The van der Waals surface area contributed by atoms with E-state index in [1.807, 2.05) is 106 Å². The summed E-state index contributed by atoms with van der Waals surface area (Å²) in [7, 11) is 1.66. The Morgan fingerprint density at radius 2 is 1.19 bits per heavy atom. The number of aromatic nitrogens is 1. The fraction of sp³-hybridized carbons (Fsp3) is 0.620. The van der Waals surface area contributed by atoms with Crippen molar-refractivity contribution < 1.29 is 23.9 Å². The molecule has 0 saturated carbocycles. The van der Waals surface area contributed by atoms with Gasteiger partial charge in [0.2, 0.25) is 23.6 Å². The number of piperidine rings is 1. The summed E-state index contributed by atoms with van der Waals surface area (Å²) < 4.78 is 5.18. The monoisotopic (exact) mass is 886 g/mol. The van der Waals surface area contributed by atoms with Crippen molar-refractivity contribution in [1.29, 1.82) is 0 Å². The molecule has 4 fully saturated rings. The van der Waals surface area contributed by atoms with Gasteiger partial charge < -0.3 is 29.2 Å². The molecule has 0 radical (unpaired) electrons. The maximum atomic E-state index is 12.0. The minimum Gasteiger partial charge on any atom is -0.497 e. The van der Waals surface area contributed by atoms with Crippen LogP contribution in [-0.2, 0) is 32.3 Å². The molecular formula is C50H75N7O5S. The van der Waals surface area contributed by atoms with E-state index in [-0.39, 0.29) is 35.5 Å². The van der Waals surface area contributed by atoms with Crippen LogP contribution < -0.4 is 9.64 Å². The number of anilines is 1. The average molecular weight is 886 g/mol. The topological polar surface area (TPSA) is 110 Å². The van der Waals surface area contributed by atoms with Crippen molar-refractivity contribution in [1.82, 2.24) is 29.5 Å². The lowest BCUT2D eigenvalue weighted by Crippen LogP contribution is -2.52. The molecule has 63 heavy (non-hydrogen) atoms. The number of hydrogen-bond donors (Lipinski definition) is 0. The van der Waals surface area contributed by atoms with Gasteiger partial charge in [0.1, 0.15) is 5.75 Å². The number of hydrogen-bond acceptors (Lipinski definition) is 9. The fourth-order valence-electron chi connectivity index (χ4n) is 8.97. The first-order valence-corrected chi connectivity index (χ1v) is 24.3. The lowest BCUT2D eigenvalue weighted by atomic mass is 9.90. The number of methoxy groups -OCH3 is 1. The van der Waals surface area contributed by atoms with Gasteiger partial charge in [0.25, 0.3) is 0 Å². The van der Waals surface area contributed by atoms with Crippen LogP contribution in [0.2, 0.25) is 0 Å². The van der Waals surface area contributed by atoms with Gasteiger partial charge in [-0.1, -0.05) is 91.8 Å². The molecule has 346 valence electrons. The Kier molecular flexibility index (Phi) is 18.9. The molecule has 2 atom stereocenters. The molecule has 5 aliphatic rings. The molecule has 0 N–H and O–H groups in total. The first-order chi connectivity index (χ1) is 30.2. The van der Waals surface area contributed by atoms with E-state index in [1.165, 1.54) is 42.5 Å². The highest BCUT2D eigenvalue weighted by atomic mass is 32.1. The molecule has 3 aromatic rings. The third kappa shape index (κ3) is 14.0. The second-order valence-electron chi connectivity index (χ2n) is 18.7. The molecular weight excluding hydrogens is 811 g/mol. The van der Waals surface area contributed by atoms with E-state index in [4.69, 9.17) is 4.74 Å². The fourth-order valence-corrected chi connectivity index (χ4v) is 9.67. The first kappa shape index (κ1) is 49.5. The van der Waals surface area contributed by atoms with Gasteiger partial charge >= 0.3 is 0 Å². The second kappa shape index (κ2) is 24.0. The van der Waals surface area contributed by atoms with Crippen molar-refractivity contribution in [3.8, 4) is 5.75 Å². The molecule has 12 nitrogen and oxygen atoms in total. The van der Waals surface area contributed by atoms with Gasteiger partial charge in [0.05, 0.1) is 7.11 Å². The zero-order valence-corrected chi connectivity index (χ0v) is 40.4. The number of rotatable bonds is 7. The van der Waals surface area contributed by atoms with Crippen molar-refractivity contribution in [2.75, 3.05) is 77.5 Å². The van der Waals surface area contributed by atoms with Gasteiger partial charge in [-0.25, -0.2) is 4.98 Å². The summed E-state index contributed by atoms with van der Waals surface area (Å²) in [6.45, 7) is 26.6. The van der Waals surface area contributed by atoms with Crippen LogP contribution in [0.4, 0.5) is 5.13 Å². The SMILES string of the molecule is CC(C)C(=O)N1CCCC(c2ccccc2)C1.CC(C)C(=O)N1CCN(c2nccs2)CC1.CC(C)C(=O)N1CCN2CCCC2C1.COc1ccc2c(c1)CN(C(=O)C(C)C)C2. The summed E-state index contributed by atoms with van der Waals surface area (Å²) in [5.41, 5.74) is 3.80. The van der Waals surface area contributed by atoms with Crippen LogP contribution in [0.1, 0.15) is 104 Å². The maximum Gasteiger partial charge on any atom is 0.225 e. The molecule has 0 aliphatic carbocycles. The maximum absolute atomic E-state index is 12.0. The largest absolute Gasteiger partial charge is 0.497 e. The predicted molar refractivity (Wildman–Crippen MR) is 254 cm³/mol. The summed E-state index contributed by atoms with van der Waals surface area (Å²) in [6.07, 6.45) is 6.74. The van der Waals surface area contributed by atoms with Crippen molar-refractivity contribution in [2.45, 2.75) is 106 Å². The van der Waals surface area contributed by atoms with Gasteiger partial charge in [-0.05, 0) is 61.1 Å². The van der Waals surface area contributed by atoms with Crippen LogP contribution in [0.3, 0.4) is 0 Å². The Hall–Kier alpha value is -4.49. The van der Waals surface area contributed by atoms with Crippen LogP contribution in [0.5, 0.6) is 5.75 Å². The summed E-state index contributed by atoms with van der Waals surface area (Å²) in [5.74, 6) is 2.93. The number of carbonyl (C=O) groups excluding carboxylic acids is 4. The van der Waals surface area contributed by atoms with Crippen molar-refractivity contribution in [3.63, 3.8) is 0 Å². The Morgan fingerprint density at radius 1 is 0.619 bits per heavy atom. The highest BCUT2D eigenvalue weighted by molar-refractivity contribution is 7.13. The standard InChI is InChI=1S/C15H21NO.C13H17NO2.C11H17N3OS.C11H20N2O/c1-12(2)15(17)16-10-6-9-14(11-16)13-7-4-3-5-8-13;1-9(2)13(15)14-7-10-4-5-12(16-3)6-11(10)8-14;1-9(2)10(15)13-4-6-14(7-5-13)11-12-3-8-16-11;1-9(2)11(14)13-7-6-12-5-3-4-10(12)8-13/h3-5,7-8,12,14H,6,9-11H2,1-2H3;4-6,9H,7-8H2,1-3H3;3,8-9H,4-7H2,1-2H3;9-10H,3-8H2,1-2H3. The number of likely N-dealkylation sites (tertiary alicyclic amines) is 1. The number of amides is 4. The van der Waals surface area contributed by atoms with E-state index in [2.05, 4.69) is 43.9 Å². The van der Waals surface area contributed by atoms with E-state index in [0.29, 0.717) is 30.3 Å². The third-order valence-corrected chi connectivity index (χ3v) is 13.4. The van der Waals surface area contributed by atoms with Crippen molar-refractivity contribution >= 4 is 40.1 Å². The lowest BCUT2D eigenvalue weighted by molar-refractivity contribution is -0.137. The van der Waals surface area contributed by atoms with E-state index in [0.717, 1.165) is 82.7 Å². The Balaban J connectivity index is 0.000000159. The summed E-state index contributed by atoms with van der Waals surface area (Å²) in [6, 6.07) is 17.2. The number of piperazine rings is 2. The van der Waals surface area contributed by atoms with Crippen LogP contribution in [0.25, 0.3) is 0 Å². The molecule has 4 amide bonds. The molecule has 0 bridgehead atoms. The van der Waals surface area contributed by atoms with Crippen molar-refractivity contribution in [3.05, 3.63) is 76.8 Å². The molecule has 0 spiro atoms. The number of thiazole rings is 1. The molecule has 13 heteroatoms. The Labute approximate surface area is 381 Å². The molecule has 6 heterocycles. The zero-order valence-electron chi connectivity index (χ0n) is 39.6. The normalized spacial score (nSPS) is 19.7. The Morgan fingerprint density at radius 3 is 1.79 bits per heavy atom. The number of nitrogens with zero attached hydrogens (tertiary/aromatic N) is 7. The molecule has 1 aromatic heterocycles. The number of ether oxygens (including phenoxy) is 1. The molecule has 8 rings (SSSR count). The van der Waals surface area contributed by atoms with Crippen LogP contribution in [0.15, 0.2) is 60.1 Å². The van der Waals surface area contributed by atoms with E-state index < -0.39 is 0 Å². The number of carbonyl (C=O) groups is 4. The van der Waals surface area contributed by atoms with E-state index >= 15 is 0 Å². The van der Waals surface area contributed by atoms with Crippen LogP contribution >= 0.6 is 11.3 Å². The van der Waals surface area contributed by atoms with E-state index in [9.17, 15) is 19.2 Å². The van der Waals surface area contributed by atoms with Crippen molar-refractivity contribution in [2.24, 2.45) is 23.7 Å². The van der Waals surface area contributed by atoms with Gasteiger partial charge in [-0.3, -0.25) is 24.1 Å². The molecule has 2 aromatic carbocycles. The first-order valence-electron chi connectivity index (χ1n) is 23.4. The summed E-state index contributed by atoms with van der Waals surface area (Å²) >= 11 is 1.66. The molecule has 5 aliphatic heterocycles. The summed E-state index contributed by atoms with van der Waals surface area (Å²) in [5, 5.41) is 3.05. The number of benzene rings is 2. The molecule has 2 unspecified atom stereocenters. The lowest BCUT2D eigenvalue weighted by Gasteiger charge is -2.38. The highest BCUT2D eigenvalue weighted by Gasteiger charge is 2.33. The zero-order chi connectivity index (χ0) is 45.6. The van der Waals surface area contributed by atoms with Crippen LogP contribution in [0, 0.1) is 23.7 Å². The minimum absolute atomic E-state index is 0.0659. The van der Waals surface area contributed by atoms with Gasteiger partial charge in [-0.2, -0.15) is 0 Å². The quantitative estimate of drug-likeness (QED) is 0.238. The smallest absolute Gasteiger partial charge is 0.225 e. The highest BCUT2D eigenvalue weighted by Crippen LogP contribution is 2.29. The van der Waals surface area contributed by atoms with Crippen LogP contribution in [-0.4, -0.2) is 132 Å². The summed E-state index contributed by atoms with van der Waals surface area (Å²) in [4.78, 5) is 64.4. The predicted octanol–water partition coefficient (Wildman–Crippen LogP) is 7.64. The minimum atomic E-state index is 0.0659. The van der Waals surface area contributed by atoms with Gasteiger partial charge in [0, 0.05) is 119 Å². The third-order valence-electron chi connectivity index (χ3n) is 12.6. The average Bonchev–Trinajstić information content (AvgIpc) is 4.11. The van der Waals surface area contributed by atoms with E-state index in [1.54, 1.807) is 18.4 Å². The second-order valence-corrected chi connectivity index (χ2v) is 19.6. The van der Waals surface area contributed by atoms with Gasteiger partial charge in [0.15, 0.2) is 5.13 Å². The Bertz CT molecular complexity index is 1900. The van der Waals surface area contributed by atoms with Gasteiger partial charge in [-0.15, -0.1) is 11.3 Å². The molecule has 4 saturated heterocycles.